The molecule has 8 nitrogen and oxygen atoms in total. The number of benzene rings is 1. The molecule has 1 fully saturated rings. The van der Waals surface area contributed by atoms with E-state index in [-0.39, 0.29) is 31.2 Å². The zero-order chi connectivity index (χ0) is 19.7. The number of aromatic nitrogens is 1. The molecular weight excluding hydrogens is 360 g/mol. The van der Waals surface area contributed by atoms with Crippen LogP contribution in [-0.2, 0) is 23.2 Å². The minimum Gasteiger partial charge on any atom is -0.467 e. The molecule has 1 aliphatic heterocycles. The van der Waals surface area contributed by atoms with Gasteiger partial charge >= 0.3 is 6.03 Å². The van der Waals surface area contributed by atoms with Gasteiger partial charge in [0.15, 0.2) is 0 Å². The first-order valence-electron chi connectivity index (χ1n) is 9.01. The standard InChI is InChI=1S/C20H20N4O4/c1-23-10-9-14-15(5-2-6-17(14)23)21-18(25)8-7-16-19(26)24(20(27)22-16)12-13-4-3-11-28-13/h2-6,9-11,16H,7-8,12H2,1H3,(H,21,25)(H,22,27). The van der Waals surface area contributed by atoms with Gasteiger partial charge in [0.25, 0.3) is 5.91 Å². The summed E-state index contributed by atoms with van der Waals surface area (Å²) in [6.45, 7) is 0.0797. The monoisotopic (exact) mass is 380 g/mol. The summed E-state index contributed by atoms with van der Waals surface area (Å²) in [6, 6.07) is 9.86. The summed E-state index contributed by atoms with van der Waals surface area (Å²) in [5.74, 6) is -0.0277. The highest BCUT2D eigenvalue weighted by Gasteiger charge is 2.38. The number of carbonyl (C=O) groups is 3. The molecule has 1 aliphatic rings. The maximum atomic E-state index is 12.5. The van der Waals surface area contributed by atoms with Crippen LogP contribution in [0.25, 0.3) is 10.9 Å². The van der Waals surface area contributed by atoms with Gasteiger partial charge in [0.1, 0.15) is 11.8 Å². The molecule has 0 radical (unpaired) electrons. The lowest BCUT2D eigenvalue weighted by molar-refractivity contribution is -0.128. The predicted molar refractivity (Wildman–Crippen MR) is 102 cm³/mol. The second-order valence-corrected chi connectivity index (χ2v) is 6.76. The lowest BCUT2D eigenvalue weighted by Gasteiger charge is -2.11. The number of imide groups is 1. The highest BCUT2D eigenvalue weighted by Crippen LogP contribution is 2.24. The number of nitrogens with one attached hydrogen (secondary N) is 2. The molecule has 2 aromatic heterocycles. The highest BCUT2D eigenvalue weighted by atomic mass is 16.3. The van der Waals surface area contributed by atoms with E-state index in [4.69, 9.17) is 4.42 Å². The first kappa shape index (κ1) is 17.8. The van der Waals surface area contributed by atoms with Gasteiger partial charge in [-0.2, -0.15) is 0 Å². The number of fused-ring (bicyclic) bond motifs is 1. The van der Waals surface area contributed by atoms with Crippen molar-refractivity contribution in [3.8, 4) is 0 Å². The van der Waals surface area contributed by atoms with Crippen LogP contribution < -0.4 is 10.6 Å². The Morgan fingerprint density at radius 1 is 1.21 bits per heavy atom. The first-order valence-corrected chi connectivity index (χ1v) is 9.01. The fourth-order valence-electron chi connectivity index (χ4n) is 3.38. The van der Waals surface area contributed by atoms with Crippen molar-refractivity contribution >= 4 is 34.4 Å². The lowest BCUT2D eigenvalue weighted by Crippen LogP contribution is -2.31. The van der Waals surface area contributed by atoms with Crippen LogP contribution in [0, 0.1) is 0 Å². The van der Waals surface area contributed by atoms with Crippen LogP contribution in [0.15, 0.2) is 53.3 Å². The number of urea groups is 1. The molecule has 4 amide bonds. The molecule has 1 aromatic carbocycles. The number of rotatable bonds is 6. The van der Waals surface area contributed by atoms with Gasteiger partial charge in [-0.15, -0.1) is 0 Å². The van der Waals surface area contributed by atoms with E-state index < -0.39 is 12.1 Å². The highest BCUT2D eigenvalue weighted by molar-refractivity contribution is 6.05. The fraction of sp³-hybridized carbons (Fsp3) is 0.250. The largest absolute Gasteiger partial charge is 0.467 e. The topological polar surface area (TPSA) is 96.6 Å². The van der Waals surface area contributed by atoms with Crippen LogP contribution in [-0.4, -0.2) is 33.4 Å². The van der Waals surface area contributed by atoms with Crippen LogP contribution in [0.4, 0.5) is 10.5 Å². The number of hydrogen-bond acceptors (Lipinski definition) is 4. The van der Waals surface area contributed by atoms with Crippen molar-refractivity contribution in [3.63, 3.8) is 0 Å². The third kappa shape index (κ3) is 3.36. The summed E-state index contributed by atoms with van der Waals surface area (Å²) < 4.78 is 7.17. The number of anilines is 1. The molecule has 0 saturated carbocycles. The van der Waals surface area contributed by atoms with Crippen molar-refractivity contribution in [2.45, 2.75) is 25.4 Å². The lowest BCUT2D eigenvalue weighted by atomic mass is 10.1. The zero-order valence-electron chi connectivity index (χ0n) is 15.3. The Hall–Kier alpha value is -3.55. The fourth-order valence-corrected chi connectivity index (χ4v) is 3.38. The normalized spacial score (nSPS) is 16.6. The van der Waals surface area contributed by atoms with Gasteiger partial charge in [0.05, 0.1) is 18.5 Å². The summed E-state index contributed by atoms with van der Waals surface area (Å²) in [5.41, 5.74) is 1.74. The van der Waals surface area contributed by atoms with Crippen molar-refractivity contribution in [3.05, 3.63) is 54.6 Å². The summed E-state index contributed by atoms with van der Waals surface area (Å²) in [4.78, 5) is 38.0. The SMILES string of the molecule is Cn1ccc2c(NC(=O)CCC3NC(=O)N(Cc4ccco4)C3=O)cccc21. The van der Waals surface area contributed by atoms with Crippen LogP contribution in [0.2, 0.25) is 0 Å². The quantitative estimate of drug-likeness (QED) is 0.643. The number of amides is 4. The molecular formula is C20H20N4O4. The van der Waals surface area contributed by atoms with Crippen molar-refractivity contribution in [2.24, 2.45) is 7.05 Å². The average Bonchev–Trinajstić information content (AvgIpc) is 3.38. The van der Waals surface area contributed by atoms with Gasteiger partial charge < -0.3 is 19.6 Å². The second kappa shape index (κ2) is 7.22. The number of hydrogen-bond donors (Lipinski definition) is 2. The molecule has 0 bridgehead atoms. The molecule has 144 valence electrons. The van der Waals surface area contributed by atoms with Gasteiger partial charge in [0.2, 0.25) is 5.91 Å². The molecule has 0 aliphatic carbocycles. The Bertz CT molecular complexity index is 1040. The van der Waals surface area contributed by atoms with Crippen molar-refractivity contribution in [2.75, 3.05) is 5.32 Å². The summed E-state index contributed by atoms with van der Waals surface area (Å²) in [6.07, 6.45) is 3.77. The summed E-state index contributed by atoms with van der Waals surface area (Å²) in [5, 5.41) is 6.47. The Kier molecular flexibility index (Phi) is 4.60. The molecule has 3 heterocycles. The van der Waals surface area contributed by atoms with E-state index in [0.29, 0.717) is 5.76 Å². The van der Waals surface area contributed by atoms with E-state index in [1.165, 1.54) is 6.26 Å². The van der Waals surface area contributed by atoms with Gasteiger partial charge in [-0.05, 0) is 36.8 Å². The second-order valence-electron chi connectivity index (χ2n) is 6.76. The van der Waals surface area contributed by atoms with Crippen LogP contribution >= 0.6 is 0 Å². The van der Waals surface area contributed by atoms with Crippen molar-refractivity contribution in [1.82, 2.24) is 14.8 Å². The molecule has 28 heavy (non-hydrogen) atoms. The molecule has 8 heteroatoms. The smallest absolute Gasteiger partial charge is 0.325 e. The molecule has 2 N–H and O–H groups in total. The molecule has 1 saturated heterocycles. The van der Waals surface area contributed by atoms with Crippen molar-refractivity contribution < 1.29 is 18.8 Å². The molecule has 0 spiro atoms. The first-order chi connectivity index (χ1) is 13.5. The van der Waals surface area contributed by atoms with E-state index in [1.807, 2.05) is 42.1 Å². The predicted octanol–water partition coefficient (Wildman–Crippen LogP) is 2.61. The minimum absolute atomic E-state index is 0.0797. The summed E-state index contributed by atoms with van der Waals surface area (Å²) in [7, 11) is 1.94. The van der Waals surface area contributed by atoms with Gasteiger partial charge in [-0.1, -0.05) is 6.07 Å². The van der Waals surface area contributed by atoms with E-state index in [2.05, 4.69) is 10.6 Å². The summed E-state index contributed by atoms with van der Waals surface area (Å²) >= 11 is 0. The van der Waals surface area contributed by atoms with Gasteiger partial charge in [-0.25, -0.2) is 4.79 Å². The van der Waals surface area contributed by atoms with Gasteiger partial charge in [0, 0.05) is 30.6 Å². The number of furan rings is 1. The Morgan fingerprint density at radius 3 is 2.86 bits per heavy atom. The Balaban J connectivity index is 1.35. The average molecular weight is 380 g/mol. The van der Waals surface area contributed by atoms with Crippen LogP contribution in [0.3, 0.4) is 0 Å². The zero-order valence-corrected chi connectivity index (χ0v) is 15.3. The third-order valence-corrected chi connectivity index (χ3v) is 4.86. The van der Waals surface area contributed by atoms with Gasteiger partial charge in [-0.3, -0.25) is 14.5 Å². The maximum absolute atomic E-state index is 12.5. The van der Waals surface area contributed by atoms with Crippen LogP contribution in [0.1, 0.15) is 18.6 Å². The molecule has 1 unspecified atom stereocenters. The number of nitrogens with zero attached hydrogens (tertiary/aromatic N) is 2. The van der Waals surface area contributed by atoms with E-state index in [9.17, 15) is 14.4 Å². The Morgan fingerprint density at radius 2 is 2.07 bits per heavy atom. The van der Waals surface area contributed by atoms with Crippen LogP contribution in [0.5, 0.6) is 0 Å². The molecule has 1 atom stereocenters. The number of carbonyl (C=O) groups excluding carboxylic acids is 3. The van der Waals surface area contributed by atoms with E-state index in [0.717, 1.165) is 21.5 Å². The minimum atomic E-state index is -0.708. The molecule has 4 rings (SSSR count). The third-order valence-electron chi connectivity index (χ3n) is 4.86. The van der Waals surface area contributed by atoms with E-state index >= 15 is 0 Å². The van der Waals surface area contributed by atoms with Crippen molar-refractivity contribution in [1.29, 1.82) is 0 Å². The molecule has 3 aromatic rings. The van der Waals surface area contributed by atoms with E-state index in [1.54, 1.807) is 12.1 Å². The maximum Gasteiger partial charge on any atom is 0.325 e. The Labute approximate surface area is 161 Å². The number of aryl methyl sites for hydroxylation is 1.